The van der Waals surface area contributed by atoms with E-state index in [9.17, 15) is 18.8 Å². The highest BCUT2D eigenvalue weighted by molar-refractivity contribution is 7.89. The van der Waals surface area contributed by atoms with Crippen molar-refractivity contribution in [3.8, 4) is 45.7 Å². The zero-order valence-electron chi connectivity index (χ0n) is 16.9. The van der Waals surface area contributed by atoms with Crippen LogP contribution in [-0.4, -0.2) is 28.7 Å². The molecule has 2 aromatic carbocycles. The molecule has 0 unspecified atom stereocenters. The van der Waals surface area contributed by atoms with Crippen LogP contribution < -0.4 is 5.14 Å². The number of nitrogens with zero attached hydrogens (tertiary/aromatic N) is 3. The molecule has 0 amide bonds. The van der Waals surface area contributed by atoms with Crippen LogP contribution in [0.4, 0.5) is 0 Å². The van der Waals surface area contributed by atoms with E-state index in [1.165, 1.54) is 24.3 Å². The van der Waals surface area contributed by atoms with Crippen LogP contribution in [-0.2, 0) is 10.0 Å². The molecule has 4 N–H and O–H groups in total. The highest BCUT2D eigenvalue weighted by Gasteiger charge is 2.22. The normalized spacial score (nSPS) is 11.5. The smallest absolute Gasteiger partial charge is 0.238 e. The summed E-state index contributed by atoms with van der Waals surface area (Å²) in [6.45, 7) is 0. The first kappa shape index (κ1) is 20.4. The van der Waals surface area contributed by atoms with Crippen molar-refractivity contribution in [3.63, 3.8) is 0 Å². The first-order valence-electron chi connectivity index (χ1n) is 9.65. The number of aromatic amines is 1. The fourth-order valence-corrected chi connectivity index (χ4v) is 4.11. The number of nitrogens with one attached hydrogen (secondary N) is 1. The van der Waals surface area contributed by atoms with Gasteiger partial charge in [0.1, 0.15) is 23.3 Å². The average Bonchev–Trinajstić information content (AvgIpc) is 3.47. The summed E-state index contributed by atoms with van der Waals surface area (Å²) in [5, 5.41) is 32.3. The number of aromatic hydroxyl groups is 1. The number of phenolic OH excluding ortho intramolecular Hbond substituents is 1. The molecule has 0 aliphatic rings. The van der Waals surface area contributed by atoms with E-state index in [4.69, 9.17) is 9.56 Å². The number of primary sulfonamides is 1. The molecular formula is C23H15N5O4S. The molecule has 0 atom stereocenters. The van der Waals surface area contributed by atoms with Crippen LogP contribution in [0.3, 0.4) is 0 Å². The number of phenols is 1. The third kappa shape index (κ3) is 3.61. The number of furan rings is 1. The zero-order valence-corrected chi connectivity index (χ0v) is 17.7. The van der Waals surface area contributed by atoms with Crippen LogP contribution in [0, 0.1) is 11.3 Å². The predicted molar refractivity (Wildman–Crippen MR) is 120 cm³/mol. The molecule has 3 heterocycles. The summed E-state index contributed by atoms with van der Waals surface area (Å²) in [4.78, 5) is 4.55. The van der Waals surface area contributed by atoms with Crippen LogP contribution >= 0.6 is 0 Å². The van der Waals surface area contributed by atoms with Gasteiger partial charge in [0.2, 0.25) is 10.0 Å². The van der Waals surface area contributed by atoms with Crippen LogP contribution in [0.1, 0.15) is 5.56 Å². The largest absolute Gasteiger partial charge is 0.508 e. The lowest BCUT2D eigenvalue weighted by Crippen LogP contribution is -2.11. The molecule has 0 saturated heterocycles. The minimum absolute atomic E-state index is 0.00225. The molecule has 0 saturated carbocycles. The number of hydrogen-bond acceptors (Lipinski definition) is 7. The molecular weight excluding hydrogens is 442 g/mol. The number of benzene rings is 2. The number of aromatic nitrogens is 3. The molecule has 0 spiro atoms. The van der Waals surface area contributed by atoms with Crippen LogP contribution in [0.15, 0.2) is 76.2 Å². The van der Waals surface area contributed by atoms with Gasteiger partial charge in [0, 0.05) is 16.7 Å². The quantitative estimate of drug-likeness (QED) is 0.370. The Bertz CT molecular complexity index is 1640. The number of sulfonamides is 1. The summed E-state index contributed by atoms with van der Waals surface area (Å²) in [7, 11) is -3.80. The number of rotatable bonds is 4. The first-order chi connectivity index (χ1) is 15.8. The lowest BCUT2D eigenvalue weighted by Gasteiger charge is -2.09. The lowest BCUT2D eigenvalue weighted by molar-refractivity contribution is 0.475. The van der Waals surface area contributed by atoms with E-state index in [1.807, 2.05) is 0 Å². The molecule has 5 rings (SSSR count). The molecule has 0 aliphatic carbocycles. The van der Waals surface area contributed by atoms with Gasteiger partial charge in [-0.15, -0.1) is 0 Å². The Hall–Kier alpha value is -4.46. The Balaban J connectivity index is 1.67. The van der Waals surface area contributed by atoms with Gasteiger partial charge in [-0.3, -0.25) is 5.10 Å². The van der Waals surface area contributed by atoms with Crippen molar-refractivity contribution >= 4 is 21.1 Å². The monoisotopic (exact) mass is 457 g/mol. The molecule has 0 radical (unpaired) electrons. The maximum absolute atomic E-state index is 11.5. The van der Waals surface area contributed by atoms with E-state index in [2.05, 4.69) is 21.3 Å². The van der Waals surface area contributed by atoms with Gasteiger partial charge in [0.25, 0.3) is 0 Å². The number of pyridine rings is 1. The standard InChI is InChI=1S/C23H15N5O4S/c24-11-17-21(18-12-26-28-23(18)27-22(17)14-1-5-15(29)6-2-14)20-10-9-19(32-20)13-3-7-16(8-4-13)33(25,30)31/h1-10,12,29H,(H2,25,30,31)(H,26,27,28). The molecule has 162 valence electrons. The number of hydrogen-bond donors (Lipinski definition) is 3. The fourth-order valence-electron chi connectivity index (χ4n) is 3.60. The van der Waals surface area contributed by atoms with Gasteiger partial charge in [0.15, 0.2) is 5.65 Å². The Labute approximate surface area is 187 Å². The fraction of sp³-hybridized carbons (Fsp3) is 0. The maximum Gasteiger partial charge on any atom is 0.238 e. The minimum Gasteiger partial charge on any atom is -0.508 e. The van der Waals surface area contributed by atoms with Crippen molar-refractivity contribution in [1.29, 1.82) is 5.26 Å². The number of nitrogens with two attached hydrogens (primary N) is 1. The second-order valence-electron chi connectivity index (χ2n) is 7.23. The molecule has 10 heteroatoms. The topological polar surface area (TPSA) is 159 Å². The van der Waals surface area contributed by atoms with Gasteiger partial charge in [-0.25, -0.2) is 18.5 Å². The Morgan fingerprint density at radius 2 is 1.64 bits per heavy atom. The molecule has 9 nitrogen and oxygen atoms in total. The maximum atomic E-state index is 11.5. The van der Waals surface area contributed by atoms with Gasteiger partial charge >= 0.3 is 0 Å². The van der Waals surface area contributed by atoms with E-state index < -0.39 is 10.0 Å². The SMILES string of the molecule is N#Cc1c(-c2ccc(O)cc2)nc2[nH]ncc2c1-c1ccc(-c2ccc(S(N)(=O)=O)cc2)o1. The van der Waals surface area contributed by atoms with Crippen molar-refractivity contribution in [2.45, 2.75) is 4.90 Å². The predicted octanol–water partition coefficient (Wildman–Crippen LogP) is 3.78. The van der Waals surface area contributed by atoms with Gasteiger partial charge in [-0.05, 0) is 60.7 Å². The third-order valence-electron chi connectivity index (χ3n) is 5.17. The van der Waals surface area contributed by atoms with E-state index >= 15 is 0 Å². The minimum atomic E-state index is -3.80. The summed E-state index contributed by atoms with van der Waals surface area (Å²) in [6, 6.07) is 18.0. The zero-order chi connectivity index (χ0) is 23.2. The van der Waals surface area contributed by atoms with Crippen molar-refractivity contribution in [3.05, 3.63) is 72.4 Å². The van der Waals surface area contributed by atoms with Crippen molar-refractivity contribution in [2.24, 2.45) is 5.14 Å². The second kappa shape index (κ2) is 7.59. The Morgan fingerprint density at radius 1 is 0.970 bits per heavy atom. The molecule has 0 fully saturated rings. The van der Waals surface area contributed by atoms with Crippen LogP contribution in [0.25, 0.3) is 44.9 Å². The van der Waals surface area contributed by atoms with E-state index in [-0.39, 0.29) is 10.6 Å². The lowest BCUT2D eigenvalue weighted by atomic mass is 9.98. The van der Waals surface area contributed by atoms with Gasteiger partial charge in [-0.2, -0.15) is 10.4 Å². The van der Waals surface area contributed by atoms with Crippen molar-refractivity contribution in [2.75, 3.05) is 0 Å². The van der Waals surface area contributed by atoms with E-state index in [0.29, 0.717) is 50.5 Å². The highest BCUT2D eigenvalue weighted by atomic mass is 32.2. The molecule has 5 aromatic rings. The van der Waals surface area contributed by atoms with Crippen molar-refractivity contribution < 1.29 is 17.9 Å². The molecule has 33 heavy (non-hydrogen) atoms. The summed E-state index contributed by atoms with van der Waals surface area (Å²) in [6.07, 6.45) is 1.57. The molecule has 0 aliphatic heterocycles. The average molecular weight is 457 g/mol. The Morgan fingerprint density at radius 3 is 2.30 bits per heavy atom. The first-order valence-corrected chi connectivity index (χ1v) is 11.2. The summed E-state index contributed by atoms with van der Waals surface area (Å²) in [5.74, 6) is 1.00. The number of fused-ring (bicyclic) bond motifs is 1. The molecule has 3 aromatic heterocycles. The van der Waals surface area contributed by atoms with Crippen molar-refractivity contribution in [1.82, 2.24) is 15.2 Å². The van der Waals surface area contributed by atoms with E-state index in [0.717, 1.165) is 0 Å². The van der Waals surface area contributed by atoms with Gasteiger partial charge < -0.3 is 9.52 Å². The summed E-state index contributed by atoms with van der Waals surface area (Å²) >= 11 is 0. The third-order valence-corrected chi connectivity index (χ3v) is 6.10. The van der Waals surface area contributed by atoms with Gasteiger partial charge in [0.05, 0.1) is 27.7 Å². The summed E-state index contributed by atoms with van der Waals surface area (Å²) in [5.41, 5.74) is 2.99. The molecule has 0 bridgehead atoms. The van der Waals surface area contributed by atoms with E-state index in [1.54, 1.807) is 42.6 Å². The highest BCUT2D eigenvalue weighted by Crippen LogP contribution is 2.38. The number of nitriles is 1. The van der Waals surface area contributed by atoms with Gasteiger partial charge in [-0.1, -0.05) is 0 Å². The summed E-state index contributed by atoms with van der Waals surface area (Å²) < 4.78 is 29.1. The number of H-pyrrole nitrogens is 1. The van der Waals surface area contributed by atoms with Crippen LogP contribution in [0.2, 0.25) is 0 Å². The second-order valence-corrected chi connectivity index (χ2v) is 8.80. The van der Waals surface area contributed by atoms with Crippen LogP contribution in [0.5, 0.6) is 5.75 Å². The Kier molecular flexibility index (Phi) is 4.70.